The number of benzene rings is 10. The molecular weight excluding hydrogens is 791 g/mol. The Bertz CT molecular complexity index is 3730. The minimum Gasteiger partial charge on any atom is -0.309 e. The first-order valence-corrected chi connectivity index (χ1v) is 24.1. The van der Waals surface area contributed by atoms with Crippen LogP contribution in [0.1, 0.15) is 0 Å². The van der Waals surface area contributed by atoms with Crippen LogP contribution in [0.4, 0.5) is 0 Å². The second-order valence-corrected chi connectivity index (χ2v) is 20.6. The second kappa shape index (κ2) is 14.5. The van der Waals surface area contributed by atoms with Crippen molar-refractivity contribution in [3.63, 3.8) is 0 Å². The first-order valence-electron chi connectivity index (χ1n) is 22.1. The van der Waals surface area contributed by atoms with E-state index in [9.17, 15) is 0 Å². The highest BCUT2D eigenvalue weighted by molar-refractivity contribution is 7.20. The number of aromatic nitrogens is 3. The summed E-state index contributed by atoms with van der Waals surface area (Å²) in [7, 11) is -3.12. The Balaban J connectivity index is 1.30. The fraction of sp³-hybridized carbons (Fsp3) is 0. The lowest BCUT2D eigenvalue weighted by Crippen LogP contribution is -2.75. The zero-order chi connectivity index (χ0) is 42.2. The molecule has 0 saturated heterocycles. The molecule has 0 N–H and O–H groups in total. The highest BCUT2D eigenvalue weighted by Crippen LogP contribution is 2.43. The Morgan fingerprint density at radius 2 is 0.656 bits per heavy atom. The smallest absolute Gasteiger partial charge is 0.181 e. The highest BCUT2D eigenvalue weighted by atomic mass is 28.3. The Hall–Kier alpha value is -8.18. The molecule has 0 aliphatic rings. The van der Waals surface area contributed by atoms with Crippen LogP contribution in [0.2, 0.25) is 0 Å². The molecule has 0 aliphatic carbocycles. The first-order chi connectivity index (χ1) is 31.8. The van der Waals surface area contributed by atoms with Crippen LogP contribution in [0.5, 0.6) is 0 Å². The van der Waals surface area contributed by atoms with Crippen molar-refractivity contribution in [2.75, 3.05) is 0 Å². The molecule has 3 nitrogen and oxygen atoms in total. The molecule has 300 valence electrons. The summed E-state index contributed by atoms with van der Waals surface area (Å²) < 4.78 is 7.63. The normalized spacial score (nSPS) is 12.1. The van der Waals surface area contributed by atoms with E-state index < -0.39 is 8.07 Å². The van der Waals surface area contributed by atoms with Gasteiger partial charge in [-0.3, -0.25) is 0 Å². The van der Waals surface area contributed by atoms with Gasteiger partial charge in [-0.2, -0.15) is 0 Å². The van der Waals surface area contributed by atoms with Gasteiger partial charge >= 0.3 is 0 Å². The van der Waals surface area contributed by atoms with Crippen molar-refractivity contribution in [2.24, 2.45) is 0 Å². The molecule has 3 aromatic heterocycles. The molecule has 4 heteroatoms. The fourth-order valence-electron chi connectivity index (χ4n) is 11.1. The van der Waals surface area contributed by atoms with E-state index >= 15 is 0 Å². The minimum atomic E-state index is -3.12. The average molecular weight is 832 g/mol. The van der Waals surface area contributed by atoms with Gasteiger partial charge in [0.2, 0.25) is 0 Å². The van der Waals surface area contributed by atoms with Gasteiger partial charge in [0.25, 0.3) is 0 Å². The predicted octanol–water partition coefficient (Wildman–Crippen LogP) is 12.4. The van der Waals surface area contributed by atoms with Crippen molar-refractivity contribution >= 4 is 94.2 Å². The largest absolute Gasteiger partial charge is 0.309 e. The summed E-state index contributed by atoms with van der Waals surface area (Å²) in [5, 5.41) is 12.8. The number of hydrogen-bond donors (Lipinski definition) is 0. The monoisotopic (exact) mass is 831 g/mol. The molecule has 13 rings (SSSR count). The maximum Gasteiger partial charge on any atom is 0.181 e. The van der Waals surface area contributed by atoms with Crippen LogP contribution in [-0.4, -0.2) is 21.8 Å². The Morgan fingerprint density at radius 3 is 1.19 bits per heavy atom. The van der Waals surface area contributed by atoms with Gasteiger partial charge in [-0.05, 0) is 69.3 Å². The maximum atomic E-state index is 2.63. The van der Waals surface area contributed by atoms with Gasteiger partial charge in [0, 0.05) is 38.0 Å². The third-order valence-corrected chi connectivity index (χ3v) is 18.4. The molecule has 3 heterocycles. The summed E-state index contributed by atoms with van der Waals surface area (Å²) in [5.74, 6) is 0. The first kappa shape index (κ1) is 36.5. The standard InChI is InChI=1S/C60H41N3Si/c1-5-22-42(23-6-1)61-51-35-17-15-32-48(51)49-34-21-39-56(59(49)61)63-54-38-20-16-33-50(54)58-55(62-52-36-18-13-30-46(52)47-31-14-19-37-53(47)62)40-41-57(60(58)63)64(43-24-7-2-8-25-43,44-26-9-3-10-27-44)45-28-11-4-12-29-45/h1-41H. The molecule has 13 aromatic rings. The highest BCUT2D eigenvalue weighted by Gasteiger charge is 2.44. The number of para-hydroxylation sites is 6. The van der Waals surface area contributed by atoms with Crippen LogP contribution in [0.3, 0.4) is 0 Å². The minimum absolute atomic E-state index is 1.13. The van der Waals surface area contributed by atoms with Gasteiger partial charge in [-0.15, -0.1) is 0 Å². The summed E-state index contributed by atoms with van der Waals surface area (Å²) >= 11 is 0. The SMILES string of the molecule is c1ccc(-n2c3ccccc3c3cccc(-n4c5ccccc5c5c(-n6c7ccccc7c7ccccc76)ccc([Si](c6ccccc6)(c6ccccc6)c6ccccc6)c54)c32)cc1. The molecule has 0 spiro atoms. The predicted molar refractivity (Wildman–Crippen MR) is 273 cm³/mol. The van der Waals surface area contributed by atoms with E-state index in [4.69, 9.17) is 0 Å². The second-order valence-electron chi connectivity index (χ2n) is 16.8. The van der Waals surface area contributed by atoms with Crippen LogP contribution in [0, 0.1) is 0 Å². The van der Waals surface area contributed by atoms with Crippen LogP contribution >= 0.6 is 0 Å². The molecular formula is C60H41N3Si. The Labute approximate surface area is 372 Å². The van der Waals surface area contributed by atoms with Crippen LogP contribution in [0.15, 0.2) is 249 Å². The van der Waals surface area contributed by atoms with Crippen molar-refractivity contribution in [1.29, 1.82) is 0 Å². The lowest BCUT2D eigenvalue weighted by atomic mass is 10.1. The molecule has 0 aliphatic heterocycles. The van der Waals surface area contributed by atoms with Gasteiger partial charge < -0.3 is 13.7 Å². The van der Waals surface area contributed by atoms with Crippen LogP contribution < -0.4 is 20.7 Å². The van der Waals surface area contributed by atoms with E-state index in [2.05, 4.69) is 262 Å². The summed E-state index contributed by atoms with van der Waals surface area (Å²) in [6, 6.07) is 92.5. The molecule has 0 atom stereocenters. The summed E-state index contributed by atoms with van der Waals surface area (Å²) in [6.07, 6.45) is 0. The van der Waals surface area contributed by atoms with Crippen molar-refractivity contribution < 1.29 is 0 Å². The van der Waals surface area contributed by atoms with Crippen molar-refractivity contribution in [3.8, 4) is 17.1 Å². The van der Waals surface area contributed by atoms with E-state index in [-0.39, 0.29) is 0 Å². The number of rotatable bonds is 7. The molecule has 0 fully saturated rings. The van der Waals surface area contributed by atoms with E-state index in [1.165, 1.54) is 91.9 Å². The third kappa shape index (κ3) is 5.15. The summed E-state index contributed by atoms with van der Waals surface area (Å²) in [6.45, 7) is 0. The molecule has 10 aromatic carbocycles. The van der Waals surface area contributed by atoms with E-state index in [0.29, 0.717) is 0 Å². The fourth-order valence-corrected chi connectivity index (χ4v) is 16.0. The molecule has 0 saturated carbocycles. The van der Waals surface area contributed by atoms with E-state index in [0.717, 1.165) is 11.4 Å². The lowest BCUT2D eigenvalue weighted by Gasteiger charge is -2.35. The molecule has 0 unspecified atom stereocenters. The van der Waals surface area contributed by atoms with Crippen molar-refractivity contribution in [1.82, 2.24) is 13.7 Å². The zero-order valence-corrected chi connectivity index (χ0v) is 36.0. The van der Waals surface area contributed by atoms with Crippen molar-refractivity contribution in [3.05, 3.63) is 249 Å². The number of fused-ring (bicyclic) bond motifs is 9. The summed E-state index contributed by atoms with van der Waals surface area (Å²) in [4.78, 5) is 0. The van der Waals surface area contributed by atoms with Gasteiger partial charge in [0.1, 0.15) is 0 Å². The topological polar surface area (TPSA) is 14.8 Å². The van der Waals surface area contributed by atoms with Gasteiger partial charge in [-0.25, -0.2) is 0 Å². The van der Waals surface area contributed by atoms with Crippen LogP contribution in [-0.2, 0) is 0 Å². The average Bonchev–Trinajstić information content (AvgIpc) is 4.02. The van der Waals surface area contributed by atoms with Crippen molar-refractivity contribution in [2.45, 2.75) is 0 Å². The van der Waals surface area contributed by atoms with Gasteiger partial charge in [0.05, 0.1) is 44.5 Å². The van der Waals surface area contributed by atoms with Gasteiger partial charge in [-0.1, -0.05) is 200 Å². The maximum absolute atomic E-state index is 3.12. The third-order valence-electron chi connectivity index (χ3n) is 13.6. The summed E-state index contributed by atoms with van der Waals surface area (Å²) in [5.41, 5.74) is 10.6. The van der Waals surface area contributed by atoms with Crippen LogP contribution in [0.25, 0.3) is 82.5 Å². The quantitative estimate of drug-likeness (QED) is 0.112. The Kier molecular flexibility index (Phi) is 8.23. The zero-order valence-electron chi connectivity index (χ0n) is 35.0. The van der Waals surface area contributed by atoms with E-state index in [1.807, 2.05) is 0 Å². The number of hydrogen-bond acceptors (Lipinski definition) is 0. The Morgan fingerprint density at radius 1 is 0.250 bits per heavy atom. The molecule has 64 heavy (non-hydrogen) atoms. The lowest BCUT2D eigenvalue weighted by molar-refractivity contribution is 1.13. The molecule has 0 amide bonds. The van der Waals surface area contributed by atoms with Gasteiger partial charge in [0.15, 0.2) is 8.07 Å². The number of nitrogens with zero attached hydrogens (tertiary/aromatic N) is 3. The van der Waals surface area contributed by atoms with E-state index in [1.54, 1.807) is 0 Å². The molecule has 0 radical (unpaired) electrons. The molecule has 0 bridgehead atoms.